The van der Waals surface area contributed by atoms with Gasteiger partial charge in [0.25, 0.3) is 0 Å². The molecule has 0 bridgehead atoms. The second-order valence-electron chi connectivity index (χ2n) is 3.61. The van der Waals surface area contributed by atoms with Crippen LogP contribution < -0.4 is 5.73 Å². The summed E-state index contributed by atoms with van der Waals surface area (Å²) >= 11 is 0. The van der Waals surface area contributed by atoms with E-state index in [1.807, 2.05) is 4.57 Å². The van der Waals surface area contributed by atoms with E-state index in [1.165, 1.54) is 0 Å². The highest BCUT2D eigenvalue weighted by molar-refractivity contribution is 5.65. The van der Waals surface area contributed by atoms with Crippen LogP contribution in [0.2, 0.25) is 0 Å². The van der Waals surface area contributed by atoms with Gasteiger partial charge in [-0.3, -0.25) is 0 Å². The molecule has 1 heterocycles. The van der Waals surface area contributed by atoms with Gasteiger partial charge < -0.3 is 20.1 Å². The van der Waals surface area contributed by atoms with Crippen LogP contribution >= 0.6 is 0 Å². The van der Waals surface area contributed by atoms with E-state index in [1.54, 1.807) is 31.6 Å². The summed E-state index contributed by atoms with van der Waals surface area (Å²) in [7, 11) is 1.64. The average Bonchev–Trinajstić information content (AvgIpc) is 2.78. The monoisotopic (exact) mass is 234 g/mol. The summed E-state index contributed by atoms with van der Waals surface area (Å²) in [5, 5.41) is 17.3. The lowest BCUT2D eigenvalue weighted by molar-refractivity contribution is 0.187. The number of hydrogen-bond acceptors (Lipinski definition) is 5. The first-order chi connectivity index (χ1) is 8.22. The van der Waals surface area contributed by atoms with Gasteiger partial charge in [-0.05, 0) is 18.2 Å². The van der Waals surface area contributed by atoms with Crippen LogP contribution in [0.25, 0.3) is 11.4 Å². The van der Waals surface area contributed by atoms with Crippen molar-refractivity contribution in [2.24, 2.45) is 0 Å². The standard InChI is InChI=1S/C11H14N4O2/c1-17-5-4-15-7-13-14-11(15)8-2-3-10(16)9(12)6-8/h2-3,6-7,16H,4-5,12H2,1H3. The lowest BCUT2D eigenvalue weighted by Gasteiger charge is -2.07. The van der Waals surface area contributed by atoms with E-state index in [2.05, 4.69) is 10.2 Å². The molecule has 0 amide bonds. The zero-order chi connectivity index (χ0) is 12.3. The second kappa shape index (κ2) is 4.84. The van der Waals surface area contributed by atoms with Crippen molar-refractivity contribution in [2.75, 3.05) is 19.5 Å². The molecule has 2 rings (SSSR count). The number of phenols is 1. The lowest BCUT2D eigenvalue weighted by Crippen LogP contribution is -2.05. The van der Waals surface area contributed by atoms with E-state index in [9.17, 15) is 5.11 Å². The number of nitrogen functional groups attached to an aromatic ring is 1. The third kappa shape index (κ3) is 2.36. The Morgan fingerprint density at radius 3 is 3.00 bits per heavy atom. The van der Waals surface area contributed by atoms with Gasteiger partial charge in [-0.15, -0.1) is 10.2 Å². The van der Waals surface area contributed by atoms with Crippen LogP contribution in [-0.4, -0.2) is 33.6 Å². The van der Waals surface area contributed by atoms with Crippen LogP contribution in [0.3, 0.4) is 0 Å². The smallest absolute Gasteiger partial charge is 0.163 e. The van der Waals surface area contributed by atoms with Crippen molar-refractivity contribution < 1.29 is 9.84 Å². The molecular weight excluding hydrogens is 220 g/mol. The highest BCUT2D eigenvalue weighted by atomic mass is 16.5. The molecule has 0 unspecified atom stereocenters. The van der Waals surface area contributed by atoms with Crippen molar-refractivity contribution in [1.29, 1.82) is 0 Å². The Balaban J connectivity index is 2.32. The fraction of sp³-hybridized carbons (Fsp3) is 0.273. The van der Waals surface area contributed by atoms with Crippen LogP contribution in [0.1, 0.15) is 0 Å². The van der Waals surface area contributed by atoms with E-state index in [4.69, 9.17) is 10.5 Å². The number of aromatic hydroxyl groups is 1. The Labute approximate surface area is 98.7 Å². The SMILES string of the molecule is COCCn1cnnc1-c1ccc(O)c(N)c1. The summed E-state index contributed by atoms with van der Waals surface area (Å²) in [5.74, 6) is 0.769. The minimum absolute atomic E-state index is 0.0664. The van der Waals surface area contributed by atoms with Crippen molar-refractivity contribution in [3.8, 4) is 17.1 Å². The maximum atomic E-state index is 9.36. The molecule has 6 heteroatoms. The van der Waals surface area contributed by atoms with Crippen LogP contribution in [0, 0.1) is 0 Å². The molecule has 0 saturated heterocycles. The first-order valence-electron chi connectivity index (χ1n) is 5.18. The molecule has 0 aliphatic rings. The van der Waals surface area contributed by atoms with Crippen molar-refractivity contribution in [3.63, 3.8) is 0 Å². The molecule has 90 valence electrons. The fourth-order valence-electron chi connectivity index (χ4n) is 1.53. The number of benzene rings is 1. The summed E-state index contributed by atoms with van der Waals surface area (Å²) in [6.07, 6.45) is 1.64. The molecule has 0 aliphatic heterocycles. The third-order valence-corrected chi connectivity index (χ3v) is 2.44. The number of rotatable bonds is 4. The van der Waals surface area contributed by atoms with Crippen LogP contribution in [-0.2, 0) is 11.3 Å². The fourth-order valence-corrected chi connectivity index (χ4v) is 1.53. The van der Waals surface area contributed by atoms with Gasteiger partial charge in [0, 0.05) is 19.2 Å². The first kappa shape index (κ1) is 11.4. The van der Waals surface area contributed by atoms with Crippen molar-refractivity contribution >= 4 is 5.69 Å². The predicted octanol–water partition coefficient (Wildman–Crippen LogP) is 0.879. The van der Waals surface area contributed by atoms with Gasteiger partial charge >= 0.3 is 0 Å². The highest BCUT2D eigenvalue weighted by Gasteiger charge is 2.08. The molecule has 3 N–H and O–H groups in total. The topological polar surface area (TPSA) is 86.2 Å². The van der Waals surface area contributed by atoms with E-state index >= 15 is 0 Å². The molecule has 1 aromatic carbocycles. The summed E-state index contributed by atoms with van der Waals surface area (Å²) in [6.45, 7) is 1.25. The van der Waals surface area contributed by atoms with Gasteiger partial charge in [0.1, 0.15) is 12.1 Å². The molecule has 0 saturated carbocycles. The molecule has 1 aromatic heterocycles. The highest BCUT2D eigenvalue weighted by Crippen LogP contribution is 2.26. The maximum Gasteiger partial charge on any atom is 0.163 e. The summed E-state index contributed by atoms with van der Waals surface area (Å²) < 4.78 is 6.88. The van der Waals surface area contributed by atoms with E-state index in [0.717, 1.165) is 5.56 Å². The Hall–Kier alpha value is -2.08. The summed E-state index contributed by atoms with van der Waals surface area (Å²) in [6, 6.07) is 4.96. The zero-order valence-corrected chi connectivity index (χ0v) is 9.50. The first-order valence-corrected chi connectivity index (χ1v) is 5.18. The molecule has 0 radical (unpaired) electrons. The van der Waals surface area contributed by atoms with Gasteiger partial charge in [-0.1, -0.05) is 0 Å². The molecule has 0 atom stereocenters. The van der Waals surface area contributed by atoms with Gasteiger partial charge in [0.15, 0.2) is 5.82 Å². The Morgan fingerprint density at radius 1 is 1.47 bits per heavy atom. The molecule has 0 aliphatic carbocycles. The second-order valence-corrected chi connectivity index (χ2v) is 3.61. The van der Waals surface area contributed by atoms with Gasteiger partial charge in [0.2, 0.25) is 0 Å². The van der Waals surface area contributed by atoms with Crippen molar-refractivity contribution in [3.05, 3.63) is 24.5 Å². The molecular formula is C11H14N4O2. The average molecular weight is 234 g/mol. The molecule has 17 heavy (non-hydrogen) atoms. The molecule has 0 fully saturated rings. The number of ether oxygens (including phenoxy) is 1. The molecule has 2 aromatic rings. The molecule has 6 nitrogen and oxygen atoms in total. The number of hydrogen-bond donors (Lipinski definition) is 2. The maximum absolute atomic E-state index is 9.36. The minimum atomic E-state index is 0.0664. The van der Waals surface area contributed by atoms with E-state index < -0.39 is 0 Å². The predicted molar refractivity (Wildman–Crippen MR) is 63.4 cm³/mol. The number of nitrogens with two attached hydrogens (primary N) is 1. The number of anilines is 1. The van der Waals surface area contributed by atoms with Crippen LogP contribution in [0.5, 0.6) is 5.75 Å². The van der Waals surface area contributed by atoms with Gasteiger partial charge in [-0.2, -0.15) is 0 Å². The zero-order valence-electron chi connectivity index (χ0n) is 9.50. The Morgan fingerprint density at radius 2 is 2.29 bits per heavy atom. The largest absolute Gasteiger partial charge is 0.506 e. The van der Waals surface area contributed by atoms with E-state index in [-0.39, 0.29) is 5.75 Å². The van der Waals surface area contributed by atoms with E-state index in [0.29, 0.717) is 24.7 Å². The number of methoxy groups -OCH3 is 1. The summed E-state index contributed by atoms with van der Waals surface area (Å²) in [5.41, 5.74) is 6.78. The van der Waals surface area contributed by atoms with Crippen LogP contribution in [0.4, 0.5) is 5.69 Å². The van der Waals surface area contributed by atoms with Gasteiger partial charge in [-0.25, -0.2) is 0 Å². The third-order valence-electron chi connectivity index (χ3n) is 2.44. The Bertz CT molecular complexity index is 510. The van der Waals surface area contributed by atoms with Crippen molar-refractivity contribution in [2.45, 2.75) is 6.54 Å². The Kier molecular flexibility index (Phi) is 3.24. The minimum Gasteiger partial charge on any atom is -0.506 e. The number of phenolic OH excluding ortho intramolecular Hbond substituents is 1. The van der Waals surface area contributed by atoms with Gasteiger partial charge in [0.05, 0.1) is 12.3 Å². The van der Waals surface area contributed by atoms with Crippen molar-refractivity contribution in [1.82, 2.24) is 14.8 Å². The normalized spacial score (nSPS) is 10.6. The summed E-state index contributed by atoms with van der Waals surface area (Å²) in [4.78, 5) is 0. The molecule has 0 spiro atoms. The van der Waals surface area contributed by atoms with Crippen LogP contribution in [0.15, 0.2) is 24.5 Å². The number of nitrogens with zero attached hydrogens (tertiary/aromatic N) is 3. The quantitative estimate of drug-likeness (QED) is 0.605. The number of aromatic nitrogens is 3. The lowest BCUT2D eigenvalue weighted by atomic mass is 10.2.